The number of rotatable bonds is 6. The van der Waals surface area contributed by atoms with E-state index in [1.807, 2.05) is 0 Å². The lowest BCUT2D eigenvalue weighted by molar-refractivity contribution is 0.483. The first-order valence-electron chi connectivity index (χ1n) is 6.02. The van der Waals surface area contributed by atoms with Crippen LogP contribution in [-0.2, 0) is 10.1 Å². The van der Waals surface area contributed by atoms with Crippen LogP contribution in [0.4, 0.5) is 0 Å². The predicted octanol–water partition coefficient (Wildman–Crippen LogP) is 3.62. The zero-order valence-corrected chi connectivity index (χ0v) is 11.2. The van der Waals surface area contributed by atoms with Crippen molar-refractivity contribution in [1.29, 1.82) is 0 Å². The molecule has 1 atom stereocenters. The van der Waals surface area contributed by atoms with Crippen molar-refractivity contribution in [3.8, 4) is 0 Å². The Morgan fingerprint density at radius 3 is 2.24 bits per heavy atom. The van der Waals surface area contributed by atoms with Crippen LogP contribution in [-0.4, -0.2) is 13.0 Å². The Balaban J connectivity index is 2.67. The van der Waals surface area contributed by atoms with Gasteiger partial charge in [0.1, 0.15) is 0 Å². The minimum atomic E-state index is -4.07. The summed E-state index contributed by atoms with van der Waals surface area (Å²) in [6.45, 7) is 4.31. The standard InChI is InChI=1S/C13H20O3S/c1-3-4-5-6-11(2)12-7-9-13(10-8-12)17(14,15)16/h7-11H,3-6H2,1-2H3,(H,14,15,16)/t11-/m0/s1. The zero-order chi connectivity index (χ0) is 12.9. The van der Waals surface area contributed by atoms with Crippen molar-refractivity contribution in [2.45, 2.75) is 50.3 Å². The molecule has 0 unspecified atom stereocenters. The molecule has 1 aromatic carbocycles. The molecule has 0 radical (unpaired) electrons. The third-order valence-corrected chi connectivity index (χ3v) is 3.86. The molecule has 1 aromatic rings. The van der Waals surface area contributed by atoms with Gasteiger partial charge >= 0.3 is 0 Å². The van der Waals surface area contributed by atoms with Gasteiger partial charge in [0.15, 0.2) is 0 Å². The molecular weight excluding hydrogens is 236 g/mol. The summed E-state index contributed by atoms with van der Waals surface area (Å²) in [5, 5.41) is 0. The van der Waals surface area contributed by atoms with E-state index < -0.39 is 10.1 Å². The zero-order valence-electron chi connectivity index (χ0n) is 10.4. The maximum Gasteiger partial charge on any atom is 0.294 e. The SMILES string of the molecule is CCCCC[C@H](C)c1ccc(S(=O)(=O)O)cc1. The second-order valence-corrected chi connectivity index (χ2v) is 5.86. The molecule has 0 bridgehead atoms. The highest BCUT2D eigenvalue weighted by atomic mass is 32.2. The van der Waals surface area contributed by atoms with Crippen LogP contribution >= 0.6 is 0 Å². The van der Waals surface area contributed by atoms with Gasteiger partial charge < -0.3 is 0 Å². The first-order chi connectivity index (χ1) is 7.95. The topological polar surface area (TPSA) is 54.4 Å². The predicted molar refractivity (Wildman–Crippen MR) is 68.8 cm³/mol. The van der Waals surface area contributed by atoms with E-state index in [2.05, 4.69) is 13.8 Å². The van der Waals surface area contributed by atoms with Gasteiger partial charge in [0, 0.05) is 0 Å². The summed E-state index contributed by atoms with van der Waals surface area (Å²) in [4.78, 5) is -0.0398. The van der Waals surface area contributed by atoms with Gasteiger partial charge in [-0.15, -0.1) is 0 Å². The fraction of sp³-hybridized carbons (Fsp3) is 0.538. The van der Waals surface area contributed by atoms with E-state index in [1.54, 1.807) is 12.1 Å². The highest BCUT2D eigenvalue weighted by Gasteiger charge is 2.10. The maximum absolute atomic E-state index is 10.9. The van der Waals surface area contributed by atoms with E-state index in [9.17, 15) is 8.42 Å². The van der Waals surface area contributed by atoms with Gasteiger partial charge in [-0.05, 0) is 30.0 Å². The van der Waals surface area contributed by atoms with E-state index in [4.69, 9.17) is 4.55 Å². The summed E-state index contributed by atoms with van der Waals surface area (Å²) in [6.07, 6.45) is 4.73. The van der Waals surface area contributed by atoms with Crippen LogP contribution in [0.2, 0.25) is 0 Å². The fourth-order valence-electron chi connectivity index (χ4n) is 1.84. The second-order valence-electron chi connectivity index (χ2n) is 4.44. The number of hydrogen-bond acceptors (Lipinski definition) is 2. The molecule has 0 aliphatic rings. The molecule has 0 amide bonds. The van der Waals surface area contributed by atoms with Crippen LogP contribution in [0.5, 0.6) is 0 Å². The smallest absolute Gasteiger partial charge is 0.282 e. The Morgan fingerprint density at radius 2 is 1.76 bits per heavy atom. The van der Waals surface area contributed by atoms with Crippen LogP contribution in [0.3, 0.4) is 0 Å². The summed E-state index contributed by atoms with van der Waals surface area (Å²) < 4.78 is 30.6. The summed E-state index contributed by atoms with van der Waals surface area (Å²) in [6, 6.07) is 6.47. The van der Waals surface area contributed by atoms with E-state index in [1.165, 1.54) is 31.4 Å². The number of hydrogen-bond donors (Lipinski definition) is 1. The van der Waals surface area contributed by atoms with E-state index >= 15 is 0 Å². The van der Waals surface area contributed by atoms with Crippen LogP contribution in [0.15, 0.2) is 29.2 Å². The van der Waals surface area contributed by atoms with Crippen LogP contribution in [0.25, 0.3) is 0 Å². The van der Waals surface area contributed by atoms with Gasteiger partial charge in [0.25, 0.3) is 10.1 Å². The Morgan fingerprint density at radius 1 is 1.18 bits per heavy atom. The average molecular weight is 256 g/mol. The first-order valence-corrected chi connectivity index (χ1v) is 7.46. The van der Waals surface area contributed by atoms with Crippen molar-refractivity contribution in [2.24, 2.45) is 0 Å². The molecule has 17 heavy (non-hydrogen) atoms. The van der Waals surface area contributed by atoms with Crippen LogP contribution in [0.1, 0.15) is 51.0 Å². The van der Waals surface area contributed by atoms with Gasteiger partial charge in [-0.2, -0.15) is 8.42 Å². The van der Waals surface area contributed by atoms with E-state index in [0.717, 1.165) is 12.0 Å². The molecule has 3 nitrogen and oxygen atoms in total. The summed E-state index contributed by atoms with van der Waals surface area (Å²) in [5.41, 5.74) is 1.12. The molecule has 96 valence electrons. The first kappa shape index (κ1) is 14.2. The van der Waals surface area contributed by atoms with Gasteiger partial charge in [0.05, 0.1) is 4.90 Å². The van der Waals surface area contributed by atoms with Crippen LogP contribution < -0.4 is 0 Å². The molecule has 0 aliphatic heterocycles. The van der Waals surface area contributed by atoms with E-state index in [-0.39, 0.29) is 4.90 Å². The summed E-state index contributed by atoms with van der Waals surface area (Å²) >= 11 is 0. The minimum absolute atomic E-state index is 0.0398. The molecular formula is C13H20O3S. The Kier molecular flexibility index (Phi) is 5.15. The molecule has 0 spiro atoms. The number of unbranched alkanes of at least 4 members (excludes halogenated alkanes) is 2. The highest BCUT2D eigenvalue weighted by molar-refractivity contribution is 7.85. The monoisotopic (exact) mass is 256 g/mol. The molecule has 4 heteroatoms. The molecule has 0 heterocycles. The minimum Gasteiger partial charge on any atom is -0.282 e. The normalized spacial score (nSPS) is 13.6. The van der Waals surface area contributed by atoms with Crippen molar-refractivity contribution >= 4 is 10.1 Å². The molecule has 1 rings (SSSR count). The Hall–Kier alpha value is -0.870. The third kappa shape index (κ3) is 4.48. The lowest BCUT2D eigenvalue weighted by Gasteiger charge is -2.11. The molecule has 0 aliphatic carbocycles. The maximum atomic E-state index is 10.9. The molecule has 1 N–H and O–H groups in total. The quantitative estimate of drug-likeness (QED) is 0.624. The van der Waals surface area contributed by atoms with Gasteiger partial charge in [0.2, 0.25) is 0 Å². The van der Waals surface area contributed by atoms with E-state index in [0.29, 0.717) is 5.92 Å². The van der Waals surface area contributed by atoms with Crippen molar-refractivity contribution in [3.63, 3.8) is 0 Å². The second kappa shape index (κ2) is 6.17. The lowest BCUT2D eigenvalue weighted by atomic mass is 9.95. The Labute approximate surface area is 104 Å². The molecule has 0 saturated carbocycles. The molecule has 0 fully saturated rings. The summed E-state index contributed by atoms with van der Waals surface area (Å²) in [7, 11) is -4.07. The molecule has 0 aromatic heterocycles. The van der Waals surface area contributed by atoms with Crippen LogP contribution in [0, 0.1) is 0 Å². The number of benzene rings is 1. The van der Waals surface area contributed by atoms with Crippen molar-refractivity contribution in [1.82, 2.24) is 0 Å². The van der Waals surface area contributed by atoms with Crippen molar-refractivity contribution in [3.05, 3.63) is 29.8 Å². The lowest BCUT2D eigenvalue weighted by Crippen LogP contribution is -1.99. The summed E-state index contributed by atoms with van der Waals surface area (Å²) in [5.74, 6) is 0.428. The average Bonchev–Trinajstić information content (AvgIpc) is 2.28. The van der Waals surface area contributed by atoms with Crippen molar-refractivity contribution < 1.29 is 13.0 Å². The fourth-order valence-corrected chi connectivity index (χ4v) is 2.32. The highest BCUT2D eigenvalue weighted by Crippen LogP contribution is 2.23. The third-order valence-electron chi connectivity index (χ3n) is 2.99. The Bertz CT molecular complexity index is 434. The van der Waals surface area contributed by atoms with Gasteiger partial charge in [-0.1, -0.05) is 45.2 Å². The molecule has 0 saturated heterocycles. The van der Waals surface area contributed by atoms with Gasteiger partial charge in [-0.3, -0.25) is 4.55 Å². The van der Waals surface area contributed by atoms with Gasteiger partial charge in [-0.25, -0.2) is 0 Å². The largest absolute Gasteiger partial charge is 0.294 e. The van der Waals surface area contributed by atoms with Crippen molar-refractivity contribution in [2.75, 3.05) is 0 Å².